The van der Waals surface area contributed by atoms with Crippen LogP contribution in [-0.2, 0) is 4.79 Å². The molecule has 0 radical (unpaired) electrons. The quantitative estimate of drug-likeness (QED) is 0.465. The lowest BCUT2D eigenvalue weighted by Crippen LogP contribution is -2.23. The standard InChI is InChI=1S/C20H18ClN3O3S/c1-12(19(26)22-16-10-14(21)8-9-17(16)27-2)28-20-23-15(11-18(25)24-20)13-6-4-3-5-7-13/h3-12H,1-2H3,(H,22,26)(H,23,24,25)/t12-/m0/s1. The van der Waals surface area contributed by atoms with Gasteiger partial charge in [0, 0.05) is 16.7 Å². The molecule has 1 heterocycles. The summed E-state index contributed by atoms with van der Waals surface area (Å²) in [5.41, 5.74) is 1.58. The van der Waals surface area contributed by atoms with Gasteiger partial charge < -0.3 is 15.0 Å². The van der Waals surface area contributed by atoms with E-state index in [0.717, 1.165) is 17.3 Å². The number of H-pyrrole nitrogens is 1. The minimum absolute atomic E-state index is 0.265. The number of hydrogen-bond donors (Lipinski definition) is 2. The Morgan fingerprint density at radius 1 is 1.21 bits per heavy atom. The summed E-state index contributed by atoms with van der Waals surface area (Å²) in [5.74, 6) is 0.242. The van der Waals surface area contributed by atoms with Gasteiger partial charge in [-0.2, -0.15) is 0 Å². The highest BCUT2D eigenvalue weighted by atomic mass is 35.5. The molecule has 28 heavy (non-hydrogen) atoms. The number of rotatable bonds is 6. The van der Waals surface area contributed by atoms with Crippen molar-refractivity contribution in [2.45, 2.75) is 17.3 Å². The highest BCUT2D eigenvalue weighted by molar-refractivity contribution is 8.00. The minimum atomic E-state index is -0.516. The molecule has 2 aromatic carbocycles. The maximum Gasteiger partial charge on any atom is 0.252 e. The van der Waals surface area contributed by atoms with E-state index >= 15 is 0 Å². The largest absolute Gasteiger partial charge is 0.495 e. The Morgan fingerprint density at radius 3 is 2.68 bits per heavy atom. The summed E-state index contributed by atoms with van der Waals surface area (Å²) in [7, 11) is 1.51. The van der Waals surface area contributed by atoms with E-state index in [0.29, 0.717) is 27.3 Å². The number of benzene rings is 2. The molecule has 6 nitrogen and oxygen atoms in total. The second kappa shape index (κ2) is 8.95. The third-order valence-corrected chi connectivity index (χ3v) is 5.09. The van der Waals surface area contributed by atoms with Crippen molar-refractivity contribution >= 4 is 35.0 Å². The van der Waals surface area contributed by atoms with Gasteiger partial charge in [0.05, 0.1) is 23.7 Å². The molecular formula is C20H18ClN3O3S. The van der Waals surface area contributed by atoms with Crippen molar-refractivity contribution in [3.8, 4) is 17.0 Å². The number of amides is 1. The molecule has 1 amide bonds. The number of anilines is 1. The van der Waals surface area contributed by atoms with Crippen LogP contribution >= 0.6 is 23.4 Å². The fraction of sp³-hybridized carbons (Fsp3) is 0.150. The van der Waals surface area contributed by atoms with Crippen molar-refractivity contribution < 1.29 is 9.53 Å². The normalized spacial score (nSPS) is 11.7. The molecule has 144 valence electrons. The maximum atomic E-state index is 12.6. The van der Waals surface area contributed by atoms with E-state index in [1.54, 1.807) is 25.1 Å². The predicted molar refractivity (Wildman–Crippen MR) is 112 cm³/mol. The molecule has 0 spiro atoms. The SMILES string of the molecule is COc1ccc(Cl)cc1NC(=O)[C@H](C)Sc1nc(-c2ccccc2)cc(=O)[nH]1. The molecule has 1 aromatic heterocycles. The van der Waals surface area contributed by atoms with Crippen LogP contribution in [0.5, 0.6) is 5.75 Å². The predicted octanol–water partition coefficient (Wildman–Crippen LogP) is 4.22. The first-order valence-electron chi connectivity index (χ1n) is 8.44. The Bertz CT molecular complexity index is 1040. The zero-order valence-electron chi connectivity index (χ0n) is 15.2. The molecule has 0 aliphatic carbocycles. The Hall–Kier alpha value is -2.77. The van der Waals surface area contributed by atoms with Gasteiger partial charge in [0.1, 0.15) is 5.75 Å². The van der Waals surface area contributed by atoms with Crippen molar-refractivity contribution in [3.05, 3.63) is 70.0 Å². The number of methoxy groups -OCH3 is 1. The summed E-state index contributed by atoms with van der Waals surface area (Å²) in [5, 5.41) is 3.13. The third-order valence-electron chi connectivity index (χ3n) is 3.87. The lowest BCUT2D eigenvalue weighted by molar-refractivity contribution is -0.115. The van der Waals surface area contributed by atoms with E-state index in [4.69, 9.17) is 16.3 Å². The van der Waals surface area contributed by atoms with Gasteiger partial charge in [0.15, 0.2) is 5.16 Å². The van der Waals surface area contributed by atoms with Crippen LogP contribution in [0.25, 0.3) is 11.3 Å². The number of carbonyl (C=O) groups excluding carboxylic acids is 1. The van der Waals surface area contributed by atoms with Gasteiger partial charge in [-0.05, 0) is 25.1 Å². The summed E-state index contributed by atoms with van der Waals surface area (Å²) >= 11 is 7.16. The van der Waals surface area contributed by atoms with E-state index in [2.05, 4.69) is 15.3 Å². The van der Waals surface area contributed by atoms with Gasteiger partial charge in [0.25, 0.3) is 5.56 Å². The van der Waals surface area contributed by atoms with Crippen molar-refractivity contribution in [2.24, 2.45) is 0 Å². The Labute approximate surface area is 171 Å². The molecule has 0 saturated heterocycles. The number of ether oxygens (including phenoxy) is 1. The zero-order valence-corrected chi connectivity index (χ0v) is 16.8. The average Bonchev–Trinajstić information content (AvgIpc) is 2.68. The molecule has 2 N–H and O–H groups in total. The van der Waals surface area contributed by atoms with Crippen molar-refractivity contribution in [1.29, 1.82) is 0 Å². The summed E-state index contributed by atoms with van der Waals surface area (Å²) in [4.78, 5) is 31.7. The monoisotopic (exact) mass is 415 g/mol. The molecule has 1 atom stereocenters. The van der Waals surface area contributed by atoms with Crippen LogP contribution in [0.3, 0.4) is 0 Å². The highest BCUT2D eigenvalue weighted by Crippen LogP contribution is 2.29. The Morgan fingerprint density at radius 2 is 1.96 bits per heavy atom. The van der Waals surface area contributed by atoms with Gasteiger partial charge in [-0.15, -0.1) is 0 Å². The second-order valence-electron chi connectivity index (χ2n) is 5.90. The molecule has 0 fully saturated rings. The van der Waals surface area contributed by atoms with E-state index < -0.39 is 5.25 Å². The molecule has 8 heteroatoms. The molecule has 0 unspecified atom stereocenters. The molecule has 3 rings (SSSR count). The van der Waals surface area contributed by atoms with E-state index in [9.17, 15) is 9.59 Å². The van der Waals surface area contributed by atoms with Crippen LogP contribution in [0.4, 0.5) is 5.69 Å². The van der Waals surface area contributed by atoms with E-state index in [1.165, 1.54) is 13.2 Å². The molecular weight excluding hydrogens is 398 g/mol. The van der Waals surface area contributed by atoms with Crippen LogP contribution in [0.1, 0.15) is 6.92 Å². The van der Waals surface area contributed by atoms with Crippen LogP contribution in [0.15, 0.2) is 64.5 Å². The summed E-state index contributed by atoms with van der Waals surface area (Å²) in [6, 6.07) is 15.8. The summed E-state index contributed by atoms with van der Waals surface area (Å²) in [6.45, 7) is 1.73. The topological polar surface area (TPSA) is 84.1 Å². The number of aromatic nitrogens is 2. The van der Waals surface area contributed by atoms with Crippen LogP contribution in [0, 0.1) is 0 Å². The zero-order chi connectivity index (χ0) is 20.1. The first-order valence-corrected chi connectivity index (χ1v) is 9.70. The number of carbonyl (C=O) groups is 1. The van der Waals surface area contributed by atoms with Gasteiger partial charge in [-0.1, -0.05) is 53.7 Å². The average molecular weight is 416 g/mol. The first-order chi connectivity index (χ1) is 13.5. The molecule has 0 saturated carbocycles. The van der Waals surface area contributed by atoms with Crippen molar-refractivity contribution in [3.63, 3.8) is 0 Å². The smallest absolute Gasteiger partial charge is 0.252 e. The lowest BCUT2D eigenvalue weighted by atomic mass is 10.1. The summed E-state index contributed by atoms with van der Waals surface area (Å²) < 4.78 is 5.24. The fourth-order valence-electron chi connectivity index (χ4n) is 2.48. The number of nitrogens with zero attached hydrogens (tertiary/aromatic N) is 1. The minimum Gasteiger partial charge on any atom is -0.495 e. The number of nitrogens with one attached hydrogen (secondary N) is 2. The molecule has 3 aromatic rings. The lowest BCUT2D eigenvalue weighted by Gasteiger charge is -2.14. The summed E-state index contributed by atoms with van der Waals surface area (Å²) in [6.07, 6.45) is 0. The first kappa shape index (κ1) is 20.0. The van der Waals surface area contributed by atoms with Crippen molar-refractivity contribution in [2.75, 3.05) is 12.4 Å². The molecule has 0 bridgehead atoms. The van der Waals surface area contributed by atoms with Gasteiger partial charge in [-0.3, -0.25) is 9.59 Å². The Kier molecular flexibility index (Phi) is 6.38. The number of aromatic amines is 1. The van der Waals surface area contributed by atoms with E-state index in [-0.39, 0.29) is 11.5 Å². The van der Waals surface area contributed by atoms with Crippen LogP contribution < -0.4 is 15.6 Å². The van der Waals surface area contributed by atoms with Gasteiger partial charge in [0.2, 0.25) is 5.91 Å². The Balaban J connectivity index is 1.77. The second-order valence-corrected chi connectivity index (χ2v) is 7.66. The number of hydrogen-bond acceptors (Lipinski definition) is 5. The highest BCUT2D eigenvalue weighted by Gasteiger charge is 2.18. The number of halogens is 1. The fourth-order valence-corrected chi connectivity index (χ4v) is 3.46. The molecule has 0 aliphatic heterocycles. The van der Waals surface area contributed by atoms with Crippen LogP contribution in [0.2, 0.25) is 5.02 Å². The van der Waals surface area contributed by atoms with Gasteiger partial charge in [-0.25, -0.2) is 4.98 Å². The van der Waals surface area contributed by atoms with Gasteiger partial charge >= 0.3 is 0 Å². The molecule has 0 aliphatic rings. The number of thioether (sulfide) groups is 1. The third kappa shape index (κ3) is 4.94. The van der Waals surface area contributed by atoms with E-state index in [1.807, 2.05) is 30.3 Å². The maximum absolute atomic E-state index is 12.6. The van der Waals surface area contributed by atoms with Crippen molar-refractivity contribution in [1.82, 2.24) is 9.97 Å². The van der Waals surface area contributed by atoms with Crippen LogP contribution in [-0.4, -0.2) is 28.2 Å².